The molecule has 1 aromatic carbocycles. The molecule has 1 aliphatic heterocycles. The number of nitrogens with one attached hydrogen (secondary N) is 1. The highest BCUT2D eigenvalue weighted by Crippen LogP contribution is 2.27. The Balaban J connectivity index is 1.97. The summed E-state index contributed by atoms with van der Waals surface area (Å²) in [5.74, 6) is 0.868. The normalized spacial score (nSPS) is 16.9. The minimum absolute atomic E-state index is 0.163. The lowest BCUT2D eigenvalue weighted by atomic mass is 9.92. The summed E-state index contributed by atoms with van der Waals surface area (Å²) >= 11 is 0. The van der Waals surface area contributed by atoms with Crippen LogP contribution in [0.15, 0.2) is 18.2 Å². The monoisotopic (exact) mass is 291 g/mol. The van der Waals surface area contributed by atoms with E-state index in [1.54, 1.807) is 19.2 Å². The molecule has 1 N–H and O–H groups in total. The molecule has 2 rings (SSSR count). The van der Waals surface area contributed by atoms with Crippen LogP contribution in [0.5, 0.6) is 0 Å². The predicted molar refractivity (Wildman–Crippen MR) is 85.6 cm³/mol. The first-order valence-corrected chi connectivity index (χ1v) is 7.81. The minimum Gasteiger partial charge on any atom is -0.383 e. The van der Waals surface area contributed by atoms with Crippen molar-refractivity contribution in [2.45, 2.75) is 39.2 Å². The van der Waals surface area contributed by atoms with E-state index in [-0.39, 0.29) is 10.6 Å². The molecular formula is C16H25N3O2. The van der Waals surface area contributed by atoms with Crippen LogP contribution in [-0.2, 0) is 6.54 Å². The molecule has 116 valence electrons. The lowest BCUT2D eigenvalue weighted by Crippen LogP contribution is -2.33. The SMILES string of the molecule is CCCC1CCN(Cc2ccc(NC)c([N+](=O)[O-])c2)CC1. The fourth-order valence-electron chi connectivity index (χ4n) is 3.14. The molecule has 0 bridgehead atoms. The topological polar surface area (TPSA) is 58.4 Å². The minimum atomic E-state index is -0.317. The van der Waals surface area contributed by atoms with Gasteiger partial charge in [-0.2, -0.15) is 0 Å². The molecule has 0 spiro atoms. The van der Waals surface area contributed by atoms with Crippen molar-refractivity contribution in [2.24, 2.45) is 5.92 Å². The van der Waals surface area contributed by atoms with Gasteiger partial charge in [-0.3, -0.25) is 15.0 Å². The van der Waals surface area contributed by atoms with Gasteiger partial charge in [-0.1, -0.05) is 25.8 Å². The van der Waals surface area contributed by atoms with Crippen LogP contribution in [0.4, 0.5) is 11.4 Å². The van der Waals surface area contributed by atoms with E-state index >= 15 is 0 Å². The summed E-state index contributed by atoms with van der Waals surface area (Å²) in [4.78, 5) is 13.2. The lowest BCUT2D eigenvalue weighted by molar-refractivity contribution is -0.384. The van der Waals surface area contributed by atoms with Crippen LogP contribution in [0, 0.1) is 16.0 Å². The van der Waals surface area contributed by atoms with Crippen LogP contribution in [-0.4, -0.2) is 30.0 Å². The second-order valence-electron chi connectivity index (χ2n) is 5.87. The average molecular weight is 291 g/mol. The molecule has 5 nitrogen and oxygen atoms in total. The Hall–Kier alpha value is -1.62. The van der Waals surface area contributed by atoms with Crippen molar-refractivity contribution in [2.75, 3.05) is 25.5 Å². The van der Waals surface area contributed by atoms with E-state index in [1.807, 2.05) is 6.07 Å². The Morgan fingerprint density at radius 3 is 2.67 bits per heavy atom. The van der Waals surface area contributed by atoms with Crippen molar-refractivity contribution in [3.8, 4) is 0 Å². The number of anilines is 1. The summed E-state index contributed by atoms with van der Waals surface area (Å²) in [7, 11) is 1.71. The molecule has 5 heteroatoms. The zero-order chi connectivity index (χ0) is 15.2. The van der Waals surface area contributed by atoms with Crippen molar-refractivity contribution in [3.05, 3.63) is 33.9 Å². The van der Waals surface area contributed by atoms with Crippen molar-refractivity contribution >= 4 is 11.4 Å². The van der Waals surface area contributed by atoms with Gasteiger partial charge in [0, 0.05) is 19.7 Å². The lowest BCUT2D eigenvalue weighted by Gasteiger charge is -2.31. The summed E-state index contributed by atoms with van der Waals surface area (Å²) in [6.07, 6.45) is 5.10. The van der Waals surface area contributed by atoms with Gasteiger partial charge in [-0.15, -0.1) is 0 Å². The summed E-state index contributed by atoms with van der Waals surface area (Å²) in [6, 6.07) is 5.48. The molecule has 0 saturated carbocycles. The van der Waals surface area contributed by atoms with Gasteiger partial charge in [-0.25, -0.2) is 0 Å². The van der Waals surface area contributed by atoms with Crippen molar-refractivity contribution in [1.82, 2.24) is 4.90 Å². The number of nitro benzene ring substituents is 1. The Bertz CT molecular complexity index is 482. The van der Waals surface area contributed by atoms with Gasteiger partial charge in [0.1, 0.15) is 5.69 Å². The summed E-state index contributed by atoms with van der Waals surface area (Å²) < 4.78 is 0. The molecule has 1 fully saturated rings. The second-order valence-corrected chi connectivity index (χ2v) is 5.87. The number of piperidine rings is 1. The van der Waals surface area contributed by atoms with Crippen LogP contribution in [0.3, 0.4) is 0 Å². The maximum Gasteiger partial charge on any atom is 0.292 e. The van der Waals surface area contributed by atoms with Gasteiger partial charge in [0.2, 0.25) is 0 Å². The predicted octanol–water partition coefficient (Wildman–Crippen LogP) is 3.65. The first-order valence-electron chi connectivity index (χ1n) is 7.81. The molecule has 1 heterocycles. The highest BCUT2D eigenvalue weighted by Gasteiger charge is 2.20. The highest BCUT2D eigenvalue weighted by atomic mass is 16.6. The number of likely N-dealkylation sites (tertiary alicyclic amines) is 1. The van der Waals surface area contributed by atoms with Gasteiger partial charge in [0.25, 0.3) is 5.69 Å². The van der Waals surface area contributed by atoms with Gasteiger partial charge >= 0.3 is 0 Å². The van der Waals surface area contributed by atoms with E-state index in [0.717, 1.165) is 31.1 Å². The van der Waals surface area contributed by atoms with Crippen molar-refractivity contribution in [1.29, 1.82) is 0 Å². The molecular weight excluding hydrogens is 266 g/mol. The molecule has 0 radical (unpaired) electrons. The number of hydrogen-bond acceptors (Lipinski definition) is 4. The van der Waals surface area contributed by atoms with Crippen molar-refractivity contribution < 1.29 is 4.92 Å². The molecule has 1 aliphatic rings. The van der Waals surface area contributed by atoms with E-state index in [2.05, 4.69) is 17.1 Å². The second kappa shape index (κ2) is 7.41. The molecule has 1 aromatic rings. The first-order chi connectivity index (χ1) is 10.1. The maximum atomic E-state index is 11.1. The third-order valence-electron chi connectivity index (χ3n) is 4.34. The average Bonchev–Trinajstić information content (AvgIpc) is 2.49. The molecule has 0 unspecified atom stereocenters. The molecule has 0 atom stereocenters. The summed E-state index contributed by atoms with van der Waals surface area (Å²) in [5, 5.41) is 14.0. The first kappa shape index (κ1) is 15.8. The number of rotatable bonds is 6. The Labute approximate surface area is 126 Å². The third-order valence-corrected chi connectivity index (χ3v) is 4.34. The van der Waals surface area contributed by atoms with E-state index in [0.29, 0.717) is 5.69 Å². The van der Waals surface area contributed by atoms with Crippen LogP contribution in [0.25, 0.3) is 0 Å². The fraction of sp³-hybridized carbons (Fsp3) is 0.625. The number of benzene rings is 1. The standard InChI is InChI=1S/C16H25N3O2/c1-3-4-13-7-9-18(10-8-13)12-14-5-6-15(17-2)16(11-14)19(20)21/h5-6,11,13,17H,3-4,7-10,12H2,1-2H3. The Morgan fingerprint density at radius 1 is 1.38 bits per heavy atom. The van der Waals surface area contributed by atoms with Crippen LogP contribution in [0.2, 0.25) is 0 Å². The van der Waals surface area contributed by atoms with Crippen LogP contribution >= 0.6 is 0 Å². The van der Waals surface area contributed by atoms with E-state index in [4.69, 9.17) is 0 Å². The van der Waals surface area contributed by atoms with Crippen molar-refractivity contribution in [3.63, 3.8) is 0 Å². The van der Waals surface area contributed by atoms with Gasteiger partial charge in [0.15, 0.2) is 0 Å². The van der Waals surface area contributed by atoms with Gasteiger partial charge in [0.05, 0.1) is 4.92 Å². The van der Waals surface area contributed by atoms with Gasteiger partial charge in [-0.05, 0) is 43.5 Å². The van der Waals surface area contributed by atoms with E-state index in [1.165, 1.54) is 25.7 Å². The maximum absolute atomic E-state index is 11.1. The largest absolute Gasteiger partial charge is 0.383 e. The Morgan fingerprint density at radius 2 is 2.10 bits per heavy atom. The van der Waals surface area contributed by atoms with Crippen LogP contribution in [0.1, 0.15) is 38.2 Å². The smallest absolute Gasteiger partial charge is 0.292 e. The zero-order valence-corrected chi connectivity index (χ0v) is 13.0. The van der Waals surface area contributed by atoms with E-state index < -0.39 is 0 Å². The quantitative estimate of drug-likeness (QED) is 0.642. The number of nitrogens with zero attached hydrogens (tertiary/aromatic N) is 2. The summed E-state index contributed by atoms with van der Waals surface area (Å²) in [6.45, 7) is 5.26. The summed E-state index contributed by atoms with van der Waals surface area (Å²) in [5.41, 5.74) is 1.76. The fourth-order valence-corrected chi connectivity index (χ4v) is 3.14. The molecule has 0 aliphatic carbocycles. The van der Waals surface area contributed by atoms with E-state index in [9.17, 15) is 10.1 Å². The Kier molecular flexibility index (Phi) is 5.56. The number of hydrogen-bond donors (Lipinski definition) is 1. The molecule has 0 aromatic heterocycles. The molecule has 1 saturated heterocycles. The zero-order valence-electron chi connectivity index (χ0n) is 13.0. The third kappa shape index (κ3) is 4.17. The number of nitro groups is 1. The molecule has 0 amide bonds. The highest BCUT2D eigenvalue weighted by molar-refractivity contribution is 5.62. The van der Waals surface area contributed by atoms with Gasteiger partial charge < -0.3 is 5.32 Å². The molecule has 21 heavy (non-hydrogen) atoms. The van der Waals surface area contributed by atoms with Crippen LogP contribution < -0.4 is 5.32 Å².